The lowest BCUT2D eigenvalue weighted by atomic mass is 10.1. The highest BCUT2D eigenvalue weighted by atomic mass is 127. The minimum Gasteiger partial charge on any atom is -0.293 e. The quantitative estimate of drug-likeness (QED) is 0.377. The molecule has 0 heterocycles. The van der Waals surface area contributed by atoms with E-state index in [2.05, 4.69) is 0 Å². The number of halogens is 3. The zero-order chi connectivity index (χ0) is 8.48. The summed E-state index contributed by atoms with van der Waals surface area (Å²) < 4.78 is 25.0. The Bertz CT molecular complexity index is 170. The normalized spacial score (nSPS) is 31.5. The van der Waals surface area contributed by atoms with E-state index in [1.165, 1.54) is 0 Å². The smallest absolute Gasteiger partial charge is 0.293 e. The van der Waals surface area contributed by atoms with E-state index < -0.39 is 15.6 Å². The van der Waals surface area contributed by atoms with Gasteiger partial charge in [-0.3, -0.25) is 4.79 Å². The molecule has 4 heteroatoms. The number of Topliss-reactive ketones (excluding diaryl/α,β-unsaturated/α-hetero) is 1. The number of alkyl halides is 3. The maximum atomic E-state index is 12.9. The molecule has 0 spiro atoms. The van der Waals surface area contributed by atoms with E-state index in [4.69, 9.17) is 0 Å². The SMILES string of the molecule is O=C1CCCCC(I)C1(F)F. The predicted molar refractivity (Wildman–Crippen MR) is 46.2 cm³/mol. The average molecular weight is 274 g/mol. The molecular formula is C7H9F2IO. The number of ketones is 1. The van der Waals surface area contributed by atoms with E-state index in [-0.39, 0.29) is 6.42 Å². The monoisotopic (exact) mass is 274 g/mol. The van der Waals surface area contributed by atoms with Crippen molar-refractivity contribution in [3.8, 4) is 0 Å². The third-order valence-corrected chi connectivity index (χ3v) is 3.28. The second-order valence-corrected chi connectivity index (χ2v) is 4.26. The van der Waals surface area contributed by atoms with Gasteiger partial charge in [0.15, 0.2) is 0 Å². The molecule has 1 rings (SSSR count). The van der Waals surface area contributed by atoms with E-state index in [9.17, 15) is 13.6 Å². The van der Waals surface area contributed by atoms with Crippen molar-refractivity contribution in [1.29, 1.82) is 0 Å². The van der Waals surface area contributed by atoms with Crippen LogP contribution in [0.2, 0.25) is 0 Å². The van der Waals surface area contributed by atoms with Gasteiger partial charge in [0.1, 0.15) is 0 Å². The summed E-state index contributed by atoms with van der Waals surface area (Å²) in [6.07, 6.45) is 1.87. The molecule has 0 aromatic heterocycles. The molecule has 0 N–H and O–H groups in total. The molecule has 1 aliphatic carbocycles. The van der Waals surface area contributed by atoms with E-state index in [1.807, 2.05) is 0 Å². The number of hydrogen-bond donors (Lipinski definition) is 0. The van der Waals surface area contributed by atoms with Gasteiger partial charge in [-0.25, -0.2) is 0 Å². The fraction of sp³-hybridized carbons (Fsp3) is 0.857. The Labute approximate surface area is 77.7 Å². The summed E-state index contributed by atoms with van der Waals surface area (Å²) >= 11 is 1.67. The fourth-order valence-corrected chi connectivity index (χ4v) is 1.92. The fourth-order valence-electron chi connectivity index (χ4n) is 1.13. The standard InChI is InChI=1S/C7H9F2IO/c8-7(9)5(10)3-1-2-4-6(7)11/h5H,1-4H2. The zero-order valence-electron chi connectivity index (χ0n) is 5.95. The Hall–Kier alpha value is 0.260. The van der Waals surface area contributed by atoms with Crippen LogP contribution in [0, 0.1) is 0 Å². The zero-order valence-corrected chi connectivity index (χ0v) is 8.11. The van der Waals surface area contributed by atoms with E-state index in [1.54, 1.807) is 22.6 Å². The molecule has 1 saturated carbocycles. The van der Waals surface area contributed by atoms with Crippen LogP contribution >= 0.6 is 22.6 Å². The van der Waals surface area contributed by atoms with Crippen molar-refractivity contribution in [1.82, 2.24) is 0 Å². The molecule has 1 nitrogen and oxygen atoms in total. The third-order valence-electron chi connectivity index (χ3n) is 1.88. The highest BCUT2D eigenvalue weighted by molar-refractivity contribution is 14.1. The Morgan fingerprint density at radius 2 is 2.09 bits per heavy atom. The van der Waals surface area contributed by atoms with Crippen LogP contribution in [0.5, 0.6) is 0 Å². The van der Waals surface area contributed by atoms with Gasteiger partial charge in [-0.2, -0.15) is 8.78 Å². The van der Waals surface area contributed by atoms with Crippen LogP contribution in [-0.4, -0.2) is 15.6 Å². The third kappa shape index (κ3) is 1.89. The van der Waals surface area contributed by atoms with Gasteiger partial charge in [-0.15, -0.1) is 0 Å². The first kappa shape index (κ1) is 9.35. The summed E-state index contributed by atoms with van der Waals surface area (Å²) in [5, 5.41) is 0. The topological polar surface area (TPSA) is 17.1 Å². The molecule has 0 bridgehead atoms. The van der Waals surface area contributed by atoms with Gasteiger partial charge < -0.3 is 0 Å². The van der Waals surface area contributed by atoms with Crippen molar-refractivity contribution in [2.24, 2.45) is 0 Å². The highest BCUT2D eigenvalue weighted by Crippen LogP contribution is 2.34. The van der Waals surface area contributed by atoms with Crippen LogP contribution in [0.4, 0.5) is 8.78 Å². The summed E-state index contributed by atoms with van der Waals surface area (Å²) in [7, 11) is 0. The number of hydrogen-bond acceptors (Lipinski definition) is 1. The second-order valence-electron chi connectivity index (χ2n) is 2.76. The first-order chi connectivity index (χ1) is 5.05. The molecule has 1 aliphatic rings. The molecular weight excluding hydrogens is 265 g/mol. The molecule has 0 aromatic carbocycles. The summed E-state index contributed by atoms with van der Waals surface area (Å²) in [5.41, 5.74) is 0. The van der Waals surface area contributed by atoms with Crippen molar-refractivity contribution in [3.63, 3.8) is 0 Å². The summed E-state index contributed by atoms with van der Waals surface area (Å²) in [5.74, 6) is -3.95. The van der Waals surface area contributed by atoms with Crippen molar-refractivity contribution >= 4 is 28.4 Å². The molecule has 1 unspecified atom stereocenters. The van der Waals surface area contributed by atoms with Gasteiger partial charge in [-0.1, -0.05) is 29.0 Å². The van der Waals surface area contributed by atoms with E-state index >= 15 is 0 Å². The van der Waals surface area contributed by atoms with Crippen LogP contribution < -0.4 is 0 Å². The van der Waals surface area contributed by atoms with Gasteiger partial charge in [0.05, 0.1) is 3.92 Å². The van der Waals surface area contributed by atoms with Gasteiger partial charge in [0, 0.05) is 6.42 Å². The van der Waals surface area contributed by atoms with Crippen LogP contribution in [0.25, 0.3) is 0 Å². The molecule has 64 valence electrons. The number of carbonyl (C=O) groups is 1. The Balaban J connectivity index is 2.76. The largest absolute Gasteiger partial charge is 0.316 e. The van der Waals surface area contributed by atoms with Crippen molar-refractivity contribution in [2.75, 3.05) is 0 Å². The maximum absolute atomic E-state index is 12.9. The van der Waals surface area contributed by atoms with Crippen LogP contribution in [0.1, 0.15) is 25.7 Å². The number of carbonyl (C=O) groups excluding carboxylic acids is 1. The van der Waals surface area contributed by atoms with Gasteiger partial charge in [0.2, 0.25) is 5.78 Å². The number of rotatable bonds is 0. The Kier molecular flexibility index (Phi) is 2.83. The molecule has 0 radical (unpaired) electrons. The first-order valence-corrected chi connectivity index (χ1v) is 4.85. The van der Waals surface area contributed by atoms with Gasteiger partial charge in [0.25, 0.3) is 0 Å². The lowest BCUT2D eigenvalue weighted by Crippen LogP contribution is -2.36. The molecule has 11 heavy (non-hydrogen) atoms. The van der Waals surface area contributed by atoms with Crippen molar-refractivity contribution in [3.05, 3.63) is 0 Å². The van der Waals surface area contributed by atoms with Crippen molar-refractivity contribution in [2.45, 2.75) is 35.5 Å². The highest BCUT2D eigenvalue weighted by Gasteiger charge is 2.45. The van der Waals surface area contributed by atoms with Gasteiger partial charge in [-0.05, 0) is 12.8 Å². The van der Waals surface area contributed by atoms with Crippen LogP contribution in [0.3, 0.4) is 0 Å². The summed E-state index contributed by atoms with van der Waals surface area (Å²) in [6, 6.07) is 0. The predicted octanol–water partition coefficient (Wildman–Crippen LogP) is 2.57. The van der Waals surface area contributed by atoms with E-state index in [0.29, 0.717) is 12.8 Å². The molecule has 1 atom stereocenters. The first-order valence-electron chi connectivity index (χ1n) is 3.60. The minimum atomic E-state index is -3.07. The minimum absolute atomic E-state index is 0.0481. The molecule has 0 aliphatic heterocycles. The lowest BCUT2D eigenvalue weighted by molar-refractivity contribution is -0.141. The van der Waals surface area contributed by atoms with Crippen molar-refractivity contribution < 1.29 is 13.6 Å². The molecule has 0 saturated heterocycles. The van der Waals surface area contributed by atoms with Crippen LogP contribution in [-0.2, 0) is 4.79 Å². The lowest BCUT2D eigenvalue weighted by Gasteiger charge is -2.16. The molecule has 0 aromatic rings. The van der Waals surface area contributed by atoms with Gasteiger partial charge >= 0.3 is 5.92 Å². The second kappa shape index (κ2) is 3.33. The average Bonchev–Trinajstić information content (AvgIpc) is 2.03. The molecule has 0 amide bonds. The summed E-state index contributed by atoms with van der Waals surface area (Å²) in [6.45, 7) is 0. The van der Waals surface area contributed by atoms with Crippen LogP contribution in [0.15, 0.2) is 0 Å². The van der Waals surface area contributed by atoms with E-state index in [0.717, 1.165) is 6.42 Å². The Morgan fingerprint density at radius 3 is 2.73 bits per heavy atom. The maximum Gasteiger partial charge on any atom is 0.316 e. The Morgan fingerprint density at radius 1 is 1.45 bits per heavy atom. The molecule has 1 fully saturated rings. The summed E-state index contributed by atoms with van der Waals surface area (Å²) in [4.78, 5) is 10.8.